The molecule has 0 saturated carbocycles. The lowest BCUT2D eigenvalue weighted by molar-refractivity contribution is 0.391. The van der Waals surface area contributed by atoms with Crippen LogP contribution in [0.1, 0.15) is 30.5 Å². The lowest BCUT2D eigenvalue weighted by atomic mass is 9.87. The second-order valence-corrected chi connectivity index (χ2v) is 4.87. The minimum Gasteiger partial charge on any atom is -0.330 e. The van der Waals surface area contributed by atoms with Gasteiger partial charge in [0.2, 0.25) is 0 Å². The van der Waals surface area contributed by atoms with E-state index in [1.54, 1.807) is 0 Å². The molecule has 1 aromatic rings. The van der Waals surface area contributed by atoms with Crippen LogP contribution in [0.2, 0.25) is 0 Å². The number of benzene rings is 1. The van der Waals surface area contributed by atoms with Crippen LogP contribution in [0.3, 0.4) is 0 Å². The number of nitrogens with two attached hydrogens (primary N) is 1. The molecule has 1 rings (SSSR count). The van der Waals surface area contributed by atoms with Crippen molar-refractivity contribution in [2.75, 3.05) is 6.54 Å². The van der Waals surface area contributed by atoms with Gasteiger partial charge in [-0.2, -0.15) is 0 Å². The molecule has 0 aliphatic carbocycles. The molecule has 0 aliphatic heterocycles. The van der Waals surface area contributed by atoms with Crippen molar-refractivity contribution in [1.82, 2.24) is 0 Å². The Hall–Kier alpha value is -0.820. The van der Waals surface area contributed by atoms with Crippen molar-refractivity contribution in [1.29, 1.82) is 0 Å². The zero-order valence-electron chi connectivity index (χ0n) is 10.4. The van der Waals surface area contributed by atoms with Crippen LogP contribution in [-0.4, -0.2) is 6.54 Å². The van der Waals surface area contributed by atoms with Gasteiger partial charge in [-0.15, -0.1) is 0 Å². The first-order valence-electron chi connectivity index (χ1n) is 5.80. The molecule has 0 saturated heterocycles. The average Bonchev–Trinajstić information content (AvgIpc) is 2.18. The highest BCUT2D eigenvalue weighted by atomic mass is 14.5. The average molecular weight is 205 g/mol. The van der Waals surface area contributed by atoms with E-state index in [1.807, 2.05) is 0 Å². The molecule has 0 aromatic heterocycles. The number of rotatable bonds is 4. The smallest absolute Gasteiger partial charge is 0.00432 e. The van der Waals surface area contributed by atoms with Crippen LogP contribution < -0.4 is 5.73 Å². The largest absolute Gasteiger partial charge is 0.330 e. The predicted octanol–water partition coefficient (Wildman–Crippen LogP) is 3.08. The third-order valence-electron chi connectivity index (χ3n) is 3.23. The molecule has 1 atom stereocenters. The van der Waals surface area contributed by atoms with Gasteiger partial charge in [-0.25, -0.2) is 0 Å². The van der Waals surface area contributed by atoms with Gasteiger partial charge in [-0.1, -0.05) is 37.6 Å². The van der Waals surface area contributed by atoms with E-state index in [4.69, 9.17) is 5.73 Å². The maximum Gasteiger partial charge on any atom is -0.00432 e. The van der Waals surface area contributed by atoms with Gasteiger partial charge < -0.3 is 5.73 Å². The van der Waals surface area contributed by atoms with Crippen molar-refractivity contribution in [2.24, 2.45) is 17.6 Å². The second-order valence-electron chi connectivity index (χ2n) is 4.87. The van der Waals surface area contributed by atoms with Crippen LogP contribution in [-0.2, 0) is 6.42 Å². The van der Waals surface area contributed by atoms with Gasteiger partial charge in [0.15, 0.2) is 0 Å². The highest BCUT2D eigenvalue weighted by molar-refractivity contribution is 5.30. The summed E-state index contributed by atoms with van der Waals surface area (Å²) in [6.45, 7) is 9.62. The minimum absolute atomic E-state index is 0.602. The lowest BCUT2D eigenvalue weighted by Gasteiger charge is -2.20. The van der Waals surface area contributed by atoms with Crippen molar-refractivity contribution in [3.63, 3.8) is 0 Å². The Morgan fingerprint density at radius 1 is 1.20 bits per heavy atom. The summed E-state index contributed by atoms with van der Waals surface area (Å²) in [4.78, 5) is 0. The van der Waals surface area contributed by atoms with Crippen LogP contribution in [0.4, 0.5) is 0 Å². The molecule has 0 amide bonds. The first-order chi connectivity index (χ1) is 7.04. The molecule has 0 spiro atoms. The molecule has 15 heavy (non-hydrogen) atoms. The molecule has 0 fully saturated rings. The Kier molecular flexibility index (Phi) is 4.34. The topological polar surface area (TPSA) is 26.0 Å². The SMILES string of the molecule is Cc1ccc(C)c(CC(CN)C(C)C)c1. The number of aryl methyl sites for hydroxylation is 2. The van der Waals surface area contributed by atoms with Crippen LogP contribution in [0.5, 0.6) is 0 Å². The Morgan fingerprint density at radius 2 is 1.87 bits per heavy atom. The Bertz CT molecular complexity index is 315. The molecule has 0 aliphatic rings. The fourth-order valence-electron chi connectivity index (χ4n) is 1.89. The summed E-state index contributed by atoms with van der Waals surface area (Å²) in [5, 5.41) is 0. The van der Waals surface area contributed by atoms with Crippen LogP contribution in [0.15, 0.2) is 18.2 Å². The predicted molar refractivity (Wildman–Crippen MR) is 67.0 cm³/mol. The maximum absolute atomic E-state index is 5.81. The third kappa shape index (κ3) is 3.35. The number of hydrogen-bond donors (Lipinski definition) is 1. The van der Waals surface area contributed by atoms with E-state index in [0.717, 1.165) is 13.0 Å². The summed E-state index contributed by atoms with van der Waals surface area (Å²) in [6.07, 6.45) is 1.11. The molecular formula is C14H23N. The van der Waals surface area contributed by atoms with Gasteiger partial charge in [-0.05, 0) is 49.8 Å². The molecule has 0 radical (unpaired) electrons. The highest BCUT2D eigenvalue weighted by Gasteiger charge is 2.13. The lowest BCUT2D eigenvalue weighted by Crippen LogP contribution is -2.22. The quantitative estimate of drug-likeness (QED) is 0.803. The molecule has 1 aromatic carbocycles. The van der Waals surface area contributed by atoms with Crippen LogP contribution in [0, 0.1) is 25.7 Å². The van der Waals surface area contributed by atoms with Gasteiger partial charge in [0.1, 0.15) is 0 Å². The van der Waals surface area contributed by atoms with Gasteiger partial charge in [-0.3, -0.25) is 0 Å². The van der Waals surface area contributed by atoms with E-state index < -0.39 is 0 Å². The minimum atomic E-state index is 0.602. The summed E-state index contributed by atoms with van der Waals surface area (Å²) in [5.74, 6) is 1.26. The Morgan fingerprint density at radius 3 is 2.40 bits per heavy atom. The van der Waals surface area contributed by atoms with Crippen molar-refractivity contribution in [3.05, 3.63) is 34.9 Å². The van der Waals surface area contributed by atoms with Crippen molar-refractivity contribution in [2.45, 2.75) is 34.1 Å². The van der Waals surface area contributed by atoms with Gasteiger partial charge in [0.25, 0.3) is 0 Å². The van der Waals surface area contributed by atoms with Crippen molar-refractivity contribution in [3.8, 4) is 0 Å². The number of hydrogen-bond acceptors (Lipinski definition) is 1. The van der Waals surface area contributed by atoms with Crippen molar-refractivity contribution >= 4 is 0 Å². The first-order valence-corrected chi connectivity index (χ1v) is 5.80. The molecule has 0 bridgehead atoms. The van der Waals surface area contributed by atoms with E-state index in [9.17, 15) is 0 Å². The van der Waals surface area contributed by atoms with E-state index >= 15 is 0 Å². The monoisotopic (exact) mass is 205 g/mol. The third-order valence-corrected chi connectivity index (χ3v) is 3.23. The standard InChI is InChI=1S/C14H23N/c1-10(2)14(9-15)8-13-7-11(3)5-6-12(13)4/h5-7,10,14H,8-9,15H2,1-4H3. The van der Waals surface area contributed by atoms with Gasteiger partial charge >= 0.3 is 0 Å². The molecule has 2 N–H and O–H groups in total. The zero-order valence-corrected chi connectivity index (χ0v) is 10.4. The van der Waals surface area contributed by atoms with Crippen LogP contribution in [0.25, 0.3) is 0 Å². The van der Waals surface area contributed by atoms with E-state index in [-0.39, 0.29) is 0 Å². The summed E-state index contributed by atoms with van der Waals surface area (Å²) in [7, 11) is 0. The van der Waals surface area contributed by atoms with Gasteiger partial charge in [0, 0.05) is 0 Å². The fourth-order valence-corrected chi connectivity index (χ4v) is 1.89. The van der Waals surface area contributed by atoms with E-state index in [1.165, 1.54) is 16.7 Å². The molecule has 0 heterocycles. The Balaban J connectivity index is 2.82. The summed E-state index contributed by atoms with van der Waals surface area (Å²) in [6, 6.07) is 6.67. The highest BCUT2D eigenvalue weighted by Crippen LogP contribution is 2.19. The van der Waals surface area contributed by atoms with Crippen LogP contribution >= 0.6 is 0 Å². The van der Waals surface area contributed by atoms with Gasteiger partial charge in [0.05, 0.1) is 0 Å². The Labute approximate surface area is 93.7 Å². The molecular weight excluding hydrogens is 182 g/mol. The summed E-state index contributed by atoms with van der Waals surface area (Å²) >= 11 is 0. The van der Waals surface area contributed by atoms with E-state index in [2.05, 4.69) is 45.9 Å². The second kappa shape index (κ2) is 5.32. The molecule has 1 heteroatoms. The normalized spacial score (nSPS) is 13.2. The van der Waals surface area contributed by atoms with E-state index in [0.29, 0.717) is 11.8 Å². The van der Waals surface area contributed by atoms with Crippen molar-refractivity contribution < 1.29 is 0 Å². The zero-order chi connectivity index (χ0) is 11.4. The molecule has 1 nitrogen and oxygen atoms in total. The summed E-state index contributed by atoms with van der Waals surface area (Å²) in [5.41, 5.74) is 10.00. The molecule has 1 unspecified atom stereocenters. The first kappa shape index (κ1) is 12.3. The summed E-state index contributed by atoms with van der Waals surface area (Å²) < 4.78 is 0. The maximum atomic E-state index is 5.81. The molecule has 84 valence electrons. The fraction of sp³-hybridized carbons (Fsp3) is 0.571.